The molecule has 0 aliphatic heterocycles. The number of aliphatic hydroxyl groups excluding tert-OH is 3. The van der Waals surface area contributed by atoms with E-state index in [1.54, 1.807) is 6.08 Å². The van der Waals surface area contributed by atoms with Gasteiger partial charge in [-0.15, -0.1) is 0 Å². The summed E-state index contributed by atoms with van der Waals surface area (Å²) in [5.41, 5.74) is 0. The average molecular weight is 770 g/mol. The van der Waals surface area contributed by atoms with Crippen molar-refractivity contribution in [3.8, 4) is 0 Å². The van der Waals surface area contributed by atoms with Crippen molar-refractivity contribution in [3.05, 3.63) is 60.8 Å². The van der Waals surface area contributed by atoms with E-state index in [0.717, 1.165) is 32.1 Å². The number of amides is 1. The fourth-order valence-corrected chi connectivity index (χ4v) is 5.95. The summed E-state index contributed by atoms with van der Waals surface area (Å²) in [4.78, 5) is 23.1. The molecule has 0 fully saturated rings. The van der Waals surface area contributed by atoms with Gasteiger partial charge in [0.25, 0.3) is 0 Å². The second kappa shape index (κ2) is 33.5. The van der Waals surface area contributed by atoms with E-state index in [2.05, 4.69) is 55.6 Å². The molecule has 0 spiro atoms. The van der Waals surface area contributed by atoms with Gasteiger partial charge in [0, 0.05) is 6.42 Å². The zero-order valence-corrected chi connectivity index (χ0v) is 34.8. The number of nitrogens with one attached hydrogen (secondary N) is 1. The molecule has 5 atom stereocenters. The monoisotopic (exact) mass is 770 g/mol. The molecule has 0 saturated heterocycles. The highest BCUT2D eigenvalue weighted by atomic mass is 31.2. The molecule has 0 aliphatic carbocycles. The van der Waals surface area contributed by atoms with Gasteiger partial charge in [-0.05, 0) is 70.6 Å². The van der Waals surface area contributed by atoms with Crippen molar-refractivity contribution < 1.29 is 43.1 Å². The summed E-state index contributed by atoms with van der Waals surface area (Å²) >= 11 is 0. The van der Waals surface area contributed by atoms with Gasteiger partial charge in [0.15, 0.2) is 0 Å². The molecule has 1 amide bonds. The lowest BCUT2D eigenvalue weighted by molar-refractivity contribution is -0.870. The van der Waals surface area contributed by atoms with Crippen molar-refractivity contribution >= 4 is 13.7 Å². The van der Waals surface area contributed by atoms with Gasteiger partial charge in [0.1, 0.15) is 13.2 Å². The first kappa shape index (κ1) is 51.1. The Bertz CT molecular complexity index is 1090. The van der Waals surface area contributed by atoms with Crippen LogP contribution in [0.25, 0.3) is 0 Å². The van der Waals surface area contributed by atoms with Gasteiger partial charge >= 0.3 is 7.82 Å². The van der Waals surface area contributed by atoms with E-state index < -0.39 is 44.7 Å². The topological polar surface area (TPSA) is 146 Å². The average Bonchev–Trinajstić information content (AvgIpc) is 3.10. The maximum Gasteiger partial charge on any atom is 0.472 e. The summed E-state index contributed by atoms with van der Waals surface area (Å²) in [5.74, 6) is -0.411. The number of phosphoric acid groups is 1. The number of quaternary nitrogens is 1. The predicted octanol–water partition coefficient (Wildman–Crippen LogP) is 8.63. The Hall–Kier alpha value is -1.88. The molecule has 0 aromatic rings. The molecule has 3 unspecified atom stereocenters. The number of allylic oxidation sites excluding steroid dienone is 8. The minimum absolute atomic E-state index is 0.00127. The summed E-state index contributed by atoms with van der Waals surface area (Å²) in [5, 5.41) is 34.4. The Morgan fingerprint density at radius 3 is 1.92 bits per heavy atom. The number of unbranched alkanes of at least 4 members (excludes halogenated alkanes) is 10. The third-order valence-corrected chi connectivity index (χ3v) is 9.65. The molecule has 0 heterocycles. The molecular formula is C42H78N2O8P+. The number of nitrogens with zero attached hydrogens (tertiary/aromatic N) is 1. The van der Waals surface area contributed by atoms with E-state index in [9.17, 15) is 29.6 Å². The first-order chi connectivity index (χ1) is 25.3. The first-order valence-electron chi connectivity index (χ1n) is 20.3. The highest BCUT2D eigenvalue weighted by Crippen LogP contribution is 2.43. The molecule has 0 radical (unpaired) electrons. The molecule has 0 aromatic carbocycles. The number of rotatable bonds is 35. The third-order valence-electron chi connectivity index (χ3n) is 8.66. The summed E-state index contributed by atoms with van der Waals surface area (Å²) < 4.78 is 23.3. The van der Waals surface area contributed by atoms with Crippen LogP contribution in [0.3, 0.4) is 0 Å². The Morgan fingerprint density at radius 2 is 1.25 bits per heavy atom. The zero-order chi connectivity index (χ0) is 39.6. The summed E-state index contributed by atoms with van der Waals surface area (Å²) in [7, 11) is 1.37. The van der Waals surface area contributed by atoms with Gasteiger partial charge in [-0.3, -0.25) is 13.8 Å². The highest BCUT2D eigenvalue weighted by Gasteiger charge is 2.28. The normalized spacial score (nSPS) is 16.3. The van der Waals surface area contributed by atoms with Gasteiger partial charge in [-0.2, -0.15) is 0 Å². The maximum absolute atomic E-state index is 12.8. The Kier molecular flexibility index (Phi) is 32.3. The van der Waals surface area contributed by atoms with Gasteiger partial charge < -0.3 is 30.0 Å². The van der Waals surface area contributed by atoms with Crippen LogP contribution in [0.2, 0.25) is 0 Å². The molecular weight excluding hydrogens is 691 g/mol. The maximum atomic E-state index is 12.8. The van der Waals surface area contributed by atoms with Crippen LogP contribution in [0.4, 0.5) is 0 Å². The molecule has 11 heteroatoms. The Balaban J connectivity index is 4.82. The molecule has 308 valence electrons. The van der Waals surface area contributed by atoms with E-state index in [1.165, 1.54) is 57.8 Å². The number of phosphoric ester groups is 1. The van der Waals surface area contributed by atoms with Crippen LogP contribution in [-0.4, -0.2) is 95.9 Å². The SMILES string of the molecule is CCCCC/C=C\C/C=C\C/C=C\CC(O)C(O)CCCC(=O)N[C@@H](COP(=O)(O)OCC[N+](C)(C)C)[C@H](O)/C=C/CC/C=C\CCCCCCCC. The van der Waals surface area contributed by atoms with Crippen molar-refractivity contribution in [3.63, 3.8) is 0 Å². The lowest BCUT2D eigenvalue weighted by Gasteiger charge is -2.25. The van der Waals surface area contributed by atoms with Crippen molar-refractivity contribution in [2.75, 3.05) is 40.9 Å². The van der Waals surface area contributed by atoms with E-state index in [-0.39, 0.29) is 19.4 Å². The van der Waals surface area contributed by atoms with E-state index in [1.807, 2.05) is 39.4 Å². The fraction of sp³-hybridized carbons (Fsp3) is 0.738. The number of likely N-dealkylation sites (N-methyl/N-ethyl adjacent to an activating group) is 1. The number of carbonyl (C=O) groups is 1. The lowest BCUT2D eigenvalue weighted by atomic mass is 10.0. The van der Waals surface area contributed by atoms with Gasteiger partial charge in [0.05, 0.1) is 52.1 Å². The zero-order valence-electron chi connectivity index (χ0n) is 34.0. The minimum atomic E-state index is -4.42. The second-order valence-corrected chi connectivity index (χ2v) is 16.4. The number of aliphatic hydroxyl groups is 3. The van der Waals surface area contributed by atoms with Crippen LogP contribution in [0.5, 0.6) is 0 Å². The summed E-state index contributed by atoms with van der Waals surface area (Å²) in [6.45, 7) is 4.47. The van der Waals surface area contributed by atoms with Crippen molar-refractivity contribution in [1.82, 2.24) is 5.32 Å². The van der Waals surface area contributed by atoms with Crippen LogP contribution in [0.1, 0.15) is 136 Å². The van der Waals surface area contributed by atoms with Crippen LogP contribution >= 0.6 is 7.82 Å². The van der Waals surface area contributed by atoms with Crippen molar-refractivity contribution in [1.29, 1.82) is 0 Å². The molecule has 0 bridgehead atoms. The smallest absolute Gasteiger partial charge is 0.390 e. The third kappa shape index (κ3) is 34.4. The molecule has 0 aromatic heterocycles. The first-order valence-corrected chi connectivity index (χ1v) is 21.8. The van der Waals surface area contributed by atoms with Crippen LogP contribution in [0, 0.1) is 0 Å². The van der Waals surface area contributed by atoms with E-state index >= 15 is 0 Å². The van der Waals surface area contributed by atoms with Crippen LogP contribution in [-0.2, 0) is 18.4 Å². The predicted molar refractivity (Wildman–Crippen MR) is 219 cm³/mol. The Labute approximate surface area is 323 Å². The quantitative estimate of drug-likeness (QED) is 0.0187. The molecule has 0 rings (SSSR count). The standard InChI is InChI=1S/C42H77N2O8P/c1-6-8-10-12-14-16-18-20-22-24-26-28-31-39(45)38(37-52-53(49,50)51-36-35-44(3,4)5)43-42(48)34-30-33-41(47)40(46)32-29-27-25-23-21-19-17-15-13-11-9-7-2/h15,17,20-23,27-29,31,38-41,45-47H,6-14,16,18-19,24-26,30,32-37H2,1-5H3,(H-,43,48,49,50)/p+1/b17-15-,22-20-,23-21-,29-27-,31-28+/t38-,39+,40?,41?/m0/s1. The van der Waals surface area contributed by atoms with Crippen LogP contribution < -0.4 is 5.32 Å². The second-order valence-electron chi connectivity index (χ2n) is 15.0. The largest absolute Gasteiger partial charge is 0.472 e. The summed E-state index contributed by atoms with van der Waals surface area (Å²) in [6, 6.07) is -0.999. The number of hydrogen-bond donors (Lipinski definition) is 5. The molecule has 53 heavy (non-hydrogen) atoms. The van der Waals surface area contributed by atoms with E-state index in [0.29, 0.717) is 30.3 Å². The number of hydrogen-bond acceptors (Lipinski definition) is 7. The lowest BCUT2D eigenvalue weighted by Crippen LogP contribution is -2.45. The van der Waals surface area contributed by atoms with Gasteiger partial charge in [-0.25, -0.2) is 4.57 Å². The summed E-state index contributed by atoms with van der Waals surface area (Å²) in [6.07, 6.45) is 34.6. The fourth-order valence-electron chi connectivity index (χ4n) is 5.22. The molecule has 10 nitrogen and oxygen atoms in total. The van der Waals surface area contributed by atoms with Crippen molar-refractivity contribution in [2.24, 2.45) is 0 Å². The molecule has 0 aliphatic rings. The van der Waals surface area contributed by atoms with Gasteiger partial charge in [0.2, 0.25) is 5.91 Å². The Morgan fingerprint density at radius 1 is 0.698 bits per heavy atom. The molecule has 5 N–H and O–H groups in total. The van der Waals surface area contributed by atoms with E-state index in [4.69, 9.17) is 9.05 Å². The van der Waals surface area contributed by atoms with Crippen molar-refractivity contribution in [2.45, 2.75) is 160 Å². The minimum Gasteiger partial charge on any atom is -0.390 e. The van der Waals surface area contributed by atoms with Crippen LogP contribution in [0.15, 0.2) is 60.8 Å². The highest BCUT2D eigenvalue weighted by molar-refractivity contribution is 7.47. The molecule has 0 saturated carbocycles. The number of carbonyl (C=O) groups excluding carboxylic acids is 1. The van der Waals surface area contributed by atoms with Gasteiger partial charge in [-0.1, -0.05) is 120 Å².